The first-order valence-electron chi connectivity index (χ1n) is 10.1. The van der Waals surface area contributed by atoms with Gasteiger partial charge in [-0.2, -0.15) is 0 Å². The van der Waals surface area contributed by atoms with Gasteiger partial charge >= 0.3 is 0 Å². The van der Waals surface area contributed by atoms with Crippen LogP contribution in [0.5, 0.6) is 0 Å². The maximum absolute atomic E-state index is 14.3. The van der Waals surface area contributed by atoms with Crippen molar-refractivity contribution >= 4 is 28.4 Å². The van der Waals surface area contributed by atoms with E-state index in [0.29, 0.717) is 16.9 Å². The van der Waals surface area contributed by atoms with E-state index in [1.807, 2.05) is 0 Å². The van der Waals surface area contributed by atoms with Crippen LogP contribution in [0.3, 0.4) is 0 Å². The van der Waals surface area contributed by atoms with Gasteiger partial charge < -0.3 is 5.32 Å². The van der Waals surface area contributed by atoms with E-state index in [1.54, 1.807) is 47.7 Å². The molecule has 1 amide bonds. The van der Waals surface area contributed by atoms with Crippen LogP contribution in [0.1, 0.15) is 26.3 Å². The average molecular weight is 455 g/mol. The van der Waals surface area contributed by atoms with Crippen molar-refractivity contribution in [2.24, 2.45) is 0 Å². The molecular formula is C25H15F2N5O2. The number of fused-ring (bicyclic) bond motifs is 1. The summed E-state index contributed by atoms with van der Waals surface area (Å²) < 4.78 is 29.4. The molecule has 7 nitrogen and oxygen atoms in total. The van der Waals surface area contributed by atoms with Gasteiger partial charge in [-0.1, -0.05) is 6.07 Å². The summed E-state index contributed by atoms with van der Waals surface area (Å²) in [6.07, 6.45) is 6.50. The molecule has 5 rings (SSSR count). The number of nitrogens with one attached hydrogen (secondary N) is 1. The molecule has 0 fully saturated rings. The summed E-state index contributed by atoms with van der Waals surface area (Å²) in [5.41, 5.74) is 1.51. The van der Waals surface area contributed by atoms with Gasteiger partial charge in [0.2, 0.25) is 0 Å². The zero-order valence-electron chi connectivity index (χ0n) is 17.4. The van der Waals surface area contributed by atoms with E-state index < -0.39 is 23.3 Å². The van der Waals surface area contributed by atoms with Crippen molar-refractivity contribution in [2.45, 2.75) is 0 Å². The van der Waals surface area contributed by atoms with Crippen LogP contribution >= 0.6 is 0 Å². The number of nitrogens with zero attached hydrogens (tertiary/aromatic N) is 4. The fraction of sp³-hybridized carbons (Fsp3) is 0. The van der Waals surface area contributed by atoms with Crippen LogP contribution in [-0.2, 0) is 0 Å². The Labute approximate surface area is 191 Å². The van der Waals surface area contributed by atoms with Gasteiger partial charge in [0.25, 0.3) is 5.91 Å². The van der Waals surface area contributed by atoms with Crippen molar-refractivity contribution in [3.63, 3.8) is 0 Å². The Kier molecular flexibility index (Phi) is 5.35. The molecule has 166 valence electrons. The van der Waals surface area contributed by atoms with Gasteiger partial charge in [-0.05, 0) is 54.6 Å². The molecule has 0 aliphatic heterocycles. The number of hydrogen-bond acceptors (Lipinski definition) is 5. The van der Waals surface area contributed by atoms with E-state index in [0.717, 1.165) is 18.2 Å². The quantitative estimate of drug-likeness (QED) is 0.392. The zero-order chi connectivity index (χ0) is 23.7. The van der Waals surface area contributed by atoms with Crippen molar-refractivity contribution in [1.29, 1.82) is 0 Å². The minimum atomic E-state index is -0.705. The predicted molar refractivity (Wildman–Crippen MR) is 121 cm³/mol. The summed E-state index contributed by atoms with van der Waals surface area (Å²) in [7, 11) is 0. The van der Waals surface area contributed by atoms with Gasteiger partial charge in [-0.15, -0.1) is 0 Å². The number of imidazole rings is 1. The highest BCUT2D eigenvalue weighted by Crippen LogP contribution is 2.21. The number of halogens is 2. The predicted octanol–water partition coefficient (Wildman–Crippen LogP) is 4.58. The van der Waals surface area contributed by atoms with Gasteiger partial charge in [0.15, 0.2) is 11.6 Å². The average Bonchev–Trinajstić information content (AvgIpc) is 3.37. The number of rotatable bonds is 5. The molecule has 0 bridgehead atoms. The monoisotopic (exact) mass is 455 g/mol. The number of carbonyl (C=O) groups is 2. The lowest BCUT2D eigenvalue weighted by Crippen LogP contribution is -2.13. The molecule has 2 heterocycles. The molecule has 5 aromatic rings. The zero-order valence-corrected chi connectivity index (χ0v) is 17.4. The molecule has 0 radical (unpaired) electrons. The number of benzene rings is 3. The summed E-state index contributed by atoms with van der Waals surface area (Å²) in [5.74, 6) is -1.83. The Hall–Kier alpha value is -4.79. The van der Waals surface area contributed by atoms with E-state index in [9.17, 15) is 18.4 Å². The molecule has 0 unspecified atom stereocenters. The third-order valence-electron chi connectivity index (χ3n) is 5.07. The molecule has 0 saturated carbocycles. The number of ketones is 1. The summed E-state index contributed by atoms with van der Waals surface area (Å²) in [6.45, 7) is 0. The van der Waals surface area contributed by atoms with Crippen LogP contribution in [0.4, 0.5) is 14.5 Å². The normalized spacial score (nSPS) is 10.9. The maximum atomic E-state index is 14.3. The van der Waals surface area contributed by atoms with Gasteiger partial charge in [0.1, 0.15) is 18.0 Å². The number of carbonyl (C=O) groups excluding carboxylic acids is 2. The Morgan fingerprint density at radius 2 is 1.71 bits per heavy atom. The van der Waals surface area contributed by atoms with Crippen LogP contribution in [0.25, 0.3) is 16.9 Å². The van der Waals surface area contributed by atoms with E-state index in [-0.39, 0.29) is 22.4 Å². The molecule has 0 spiro atoms. The van der Waals surface area contributed by atoms with Crippen molar-refractivity contribution < 1.29 is 18.4 Å². The second kappa shape index (κ2) is 8.62. The summed E-state index contributed by atoms with van der Waals surface area (Å²) >= 11 is 0. The van der Waals surface area contributed by atoms with E-state index >= 15 is 0 Å². The minimum absolute atomic E-state index is 0.0348. The maximum Gasteiger partial charge on any atom is 0.255 e. The van der Waals surface area contributed by atoms with Crippen LogP contribution in [0, 0.1) is 11.6 Å². The number of amides is 1. The van der Waals surface area contributed by atoms with E-state index in [1.165, 1.54) is 24.3 Å². The van der Waals surface area contributed by atoms with Crippen LogP contribution < -0.4 is 5.32 Å². The summed E-state index contributed by atoms with van der Waals surface area (Å²) in [5, 5.41) is 2.50. The van der Waals surface area contributed by atoms with Gasteiger partial charge in [0, 0.05) is 34.8 Å². The van der Waals surface area contributed by atoms with Gasteiger partial charge in [-0.25, -0.2) is 18.7 Å². The molecule has 3 aromatic carbocycles. The molecule has 2 aromatic heterocycles. The highest BCUT2D eigenvalue weighted by Gasteiger charge is 2.15. The van der Waals surface area contributed by atoms with E-state index in [4.69, 9.17) is 0 Å². The first-order chi connectivity index (χ1) is 16.5. The lowest BCUT2D eigenvalue weighted by Gasteiger charge is -2.09. The standard InChI is InChI=1S/C25H15F2N5O2/c26-18-3-1-2-16(8-18)25(34)30-20-10-17(9-19(27)12-20)24(33)15-4-5-21-22(11-15)31-23(13-29-21)32-7-6-28-14-32/h1-14H,(H,30,34). The van der Waals surface area contributed by atoms with E-state index in [2.05, 4.69) is 20.3 Å². The summed E-state index contributed by atoms with van der Waals surface area (Å²) in [6, 6.07) is 13.4. The fourth-order valence-electron chi connectivity index (χ4n) is 3.45. The van der Waals surface area contributed by atoms with Crippen molar-refractivity contribution in [3.05, 3.63) is 114 Å². The highest BCUT2D eigenvalue weighted by molar-refractivity contribution is 6.11. The Morgan fingerprint density at radius 1 is 0.853 bits per heavy atom. The molecule has 0 atom stereocenters. The molecule has 34 heavy (non-hydrogen) atoms. The lowest BCUT2D eigenvalue weighted by molar-refractivity contribution is 0.102. The third kappa shape index (κ3) is 4.26. The largest absolute Gasteiger partial charge is 0.322 e. The van der Waals surface area contributed by atoms with Crippen LogP contribution in [0.2, 0.25) is 0 Å². The molecule has 1 N–H and O–H groups in total. The van der Waals surface area contributed by atoms with Crippen LogP contribution in [-0.4, -0.2) is 31.2 Å². The Bertz CT molecular complexity index is 1550. The van der Waals surface area contributed by atoms with Crippen molar-refractivity contribution in [3.8, 4) is 5.82 Å². The van der Waals surface area contributed by atoms with Gasteiger partial charge in [0.05, 0.1) is 17.2 Å². The van der Waals surface area contributed by atoms with Crippen molar-refractivity contribution in [1.82, 2.24) is 19.5 Å². The molecule has 0 aliphatic carbocycles. The smallest absolute Gasteiger partial charge is 0.255 e. The van der Waals surface area contributed by atoms with Crippen LogP contribution in [0.15, 0.2) is 85.6 Å². The SMILES string of the molecule is O=C(Nc1cc(F)cc(C(=O)c2ccc3ncc(-n4ccnc4)nc3c2)c1)c1cccc(F)c1. The topological polar surface area (TPSA) is 89.8 Å². The second-order valence-corrected chi connectivity index (χ2v) is 7.42. The number of hydrogen-bond donors (Lipinski definition) is 1. The molecule has 0 aliphatic rings. The first kappa shape index (κ1) is 21.1. The van der Waals surface area contributed by atoms with Crippen molar-refractivity contribution in [2.75, 3.05) is 5.32 Å². The highest BCUT2D eigenvalue weighted by atomic mass is 19.1. The first-order valence-corrected chi connectivity index (χ1v) is 10.1. The Balaban J connectivity index is 1.45. The molecule has 0 saturated heterocycles. The van der Waals surface area contributed by atoms with Gasteiger partial charge in [-0.3, -0.25) is 19.1 Å². The minimum Gasteiger partial charge on any atom is -0.322 e. The number of anilines is 1. The third-order valence-corrected chi connectivity index (χ3v) is 5.07. The summed E-state index contributed by atoms with van der Waals surface area (Å²) in [4.78, 5) is 38.4. The second-order valence-electron chi connectivity index (χ2n) is 7.42. The molecular weight excluding hydrogens is 440 g/mol. The number of aromatic nitrogens is 4. The fourth-order valence-corrected chi connectivity index (χ4v) is 3.45. The molecule has 9 heteroatoms. The Morgan fingerprint density at radius 3 is 2.50 bits per heavy atom. The lowest BCUT2D eigenvalue weighted by atomic mass is 10.0.